The van der Waals surface area contributed by atoms with Crippen LogP contribution in [0.2, 0.25) is 0 Å². The second-order valence-electron chi connectivity index (χ2n) is 26.9. The van der Waals surface area contributed by atoms with E-state index in [0.29, 0.717) is 0 Å². The molecular weight excluding hydrogens is 856 g/mol. The molecule has 0 fully saturated rings. The minimum Gasteiger partial charge on any atom is -0.376 e. The summed E-state index contributed by atoms with van der Waals surface area (Å²) in [7, 11) is 0. The fraction of sp³-hybridized carbons (Fsp3) is 0.382. The molecular formula is C68H75BN2. The van der Waals surface area contributed by atoms with Crippen LogP contribution >= 0.6 is 0 Å². The van der Waals surface area contributed by atoms with Crippen molar-refractivity contribution in [1.29, 1.82) is 0 Å². The highest BCUT2D eigenvalue weighted by Gasteiger charge is 2.51. The van der Waals surface area contributed by atoms with Crippen LogP contribution in [-0.4, -0.2) is 6.85 Å². The number of nitrogens with zero attached hydrogens (tertiary/aromatic N) is 2. The number of benzene rings is 7. The minimum absolute atomic E-state index is 0.0292. The van der Waals surface area contributed by atoms with E-state index in [-0.39, 0.29) is 39.3 Å². The van der Waals surface area contributed by atoms with Gasteiger partial charge in [0, 0.05) is 39.4 Å². The maximum Gasteiger partial charge on any atom is 0.333 e. The third-order valence-electron chi connectivity index (χ3n) is 18.9. The molecule has 0 atom stereocenters. The van der Waals surface area contributed by atoms with Gasteiger partial charge in [-0.25, -0.2) is 0 Å². The van der Waals surface area contributed by atoms with Crippen LogP contribution in [0, 0.1) is 20.8 Å². The minimum atomic E-state index is -0.168. The van der Waals surface area contributed by atoms with E-state index in [9.17, 15) is 0 Å². The second kappa shape index (κ2) is 14.9. The summed E-state index contributed by atoms with van der Waals surface area (Å²) in [5.74, 6) is 0. The first kappa shape index (κ1) is 46.3. The molecule has 0 radical (unpaired) electrons. The van der Waals surface area contributed by atoms with Gasteiger partial charge in [0.2, 0.25) is 0 Å². The number of hydrogen-bond acceptors (Lipinski definition) is 2. The highest BCUT2D eigenvalue weighted by molar-refractivity contribution is 6.94. The molecule has 5 aliphatic rings. The fourth-order valence-corrected chi connectivity index (χ4v) is 14.3. The highest BCUT2D eigenvalue weighted by atomic mass is 15.2. The number of anilines is 5. The monoisotopic (exact) mass is 931 g/mol. The standard InChI is InChI=1S/C68H75BN2/c1-40-20-19-21-41(2)59(40)43-35-48-47-37-52-54(67(13,14)33-31-65(52,9)10)39-57(47)71(45-26-24-44(25-27-45)63(4,5)6)69-61(48)58(36-43)70(56-38-53-51(34-42(56)3)64(7,8)30-32-66(53,11)12)55-29-28-50-60(62(55)69)46-22-17-18-23-49(46)68(50,15)16/h17-29,34-39H,30-33H2,1-16H3. The lowest BCUT2D eigenvalue weighted by Gasteiger charge is -2.49. The second-order valence-corrected chi connectivity index (χ2v) is 26.9. The molecule has 12 rings (SSSR count). The maximum absolute atomic E-state index is 2.81. The molecule has 0 spiro atoms. The van der Waals surface area contributed by atoms with Gasteiger partial charge >= 0.3 is 6.85 Å². The average molecular weight is 931 g/mol. The Balaban J connectivity index is 1.29. The van der Waals surface area contributed by atoms with E-state index in [1.807, 2.05) is 0 Å². The zero-order valence-electron chi connectivity index (χ0n) is 45.8. The molecule has 0 saturated heterocycles. The van der Waals surface area contributed by atoms with E-state index in [4.69, 9.17) is 0 Å². The van der Waals surface area contributed by atoms with Crippen molar-refractivity contribution in [1.82, 2.24) is 0 Å². The first-order valence-corrected chi connectivity index (χ1v) is 26.9. The molecule has 0 amide bonds. The number of hydrogen-bond donors (Lipinski definition) is 0. The predicted octanol–water partition coefficient (Wildman–Crippen LogP) is 17.3. The van der Waals surface area contributed by atoms with Crippen LogP contribution < -0.4 is 20.6 Å². The Morgan fingerprint density at radius 1 is 0.423 bits per heavy atom. The van der Waals surface area contributed by atoms with Crippen LogP contribution in [0.4, 0.5) is 28.4 Å². The Bertz CT molecular complexity index is 3400. The number of rotatable bonds is 3. The lowest BCUT2D eigenvalue weighted by Crippen LogP contribution is -2.62. The van der Waals surface area contributed by atoms with Crippen molar-refractivity contribution in [2.45, 2.75) is 169 Å². The number of fused-ring (bicyclic) bond motifs is 10. The van der Waals surface area contributed by atoms with Crippen LogP contribution in [0.3, 0.4) is 0 Å². The Labute approximate surface area is 427 Å². The summed E-state index contributed by atoms with van der Waals surface area (Å²) >= 11 is 0. The quantitative estimate of drug-likeness (QED) is 0.163. The molecule has 7 aromatic rings. The van der Waals surface area contributed by atoms with Gasteiger partial charge in [-0.15, -0.1) is 0 Å². The summed E-state index contributed by atoms with van der Waals surface area (Å²) in [5, 5.41) is 0. The van der Waals surface area contributed by atoms with Crippen LogP contribution in [0.15, 0.2) is 115 Å². The molecule has 2 heterocycles. The normalized spacial score (nSPS) is 19.0. The van der Waals surface area contributed by atoms with Gasteiger partial charge in [-0.2, -0.15) is 0 Å². The molecule has 0 bridgehead atoms. The van der Waals surface area contributed by atoms with Crippen LogP contribution in [0.5, 0.6) is 0 Å². The Hall–Kier alpha value is -5.80. The van der Waals surface area contributed by atoms with Crippen molar-refractivity contribution in [3.8, 4) is 33.4 Å². The smallest absolute Gasteiger partial charge is 0.333 e. The van der Waals surface area contributed by atoms with Crippen molar-refractivity contribution in [3.05, 3.63) is 171 Å². The molecule has 71 heavy (non-hydrogen) atoms. The third kappa shape index (κ3) is 6.59. The molecule has 3 aliphatic carbocycles. The molecule has 360 valence electrons. The summed E-state index contributed by atoms with van der Waals surface area (Å²) < 4.78 is 0. The first-order chi connectivity index (χ1) is 33.3. The summed E-state index contributed by atoms with van der Waals surface area (Å²) in [6.45, 7) is 38.7. The van der Waals surface area contributed by atoms with Gasteiger partial charge in [-0.05, 0) is 216 Å². The largest absolute Gasteiger partial charge is 0.376 e. The maximum atomic E-state index is 2.81. The molecule has 0 N–H and O–H groups in total. The van der Waals surface area contributed by atoms with E-state index in [0.717, 1.165) is 6.42 Å². The SMILES string of the molecule is Cc1cc2c(cc1N1c3cc(-c4c(C)cccc4C)cc4c3B(c3c1ccc1c3-c3ccccc3C1(C)C)N(c1ccc(C(C)(C)C)cc1)c1cc3c(cc1-4)C(C)(C)CCC3(C)C)C(C)(C)CCC2(C)C. The van der Waals surface area contributed by atoms with Crippen LogP contribution in [0.1, 0.15) is 171 Å². The van der Waals surface area contributed by atoms with Crippen LogP contribution in [0.25, 0.3) is 33.4 Å². The molecule has 0 unspecified atom stereocenters. The van der Waals surface area contributed by atoms with E-state index in [1.165, 1.54) is 148 Å². The zero-order valence-corrected chi connectivity index (χ0v) is 45.8. The van der Waals surface area contributed by atoms with Gasteiger partial charge in [0.25, 0.3) is 0 Å². The molecule has 7 aromatic carbocycles. The highest BCUT2D eigenvalue weighted by Crippen LogP contribution is 2.58. The van der Waals surface area contributed by atoms with Crippen molar-refractivity contribution < 1.29 is 0 Å². The average Bonchev–Trinajstić information content (AvgIpc) is 3.54. The van der Waals surface area contributed by atoms with E-state index in [2.05, 4.69) is 236 Å². The van der Waals surface area contributed by atoms with Crippen molar-refractivity contribution >= 4 is 46.2 Å². The van der Waals surface area contributed by atoms with Gasteiger partial charge in [-0.1, -0.05) is 157 Å². The van der Waals surface area contributed by atoms with Gasteiger partial charge < -0.3 is 9.71 Å². The summed E-state index contributed by atoms with van der Waals surface area (Å²) in [6.07, 6.45) is 4.69. The molecule has 0 aromatic heterocycles. The van der Waals surface area contributed by atoms with E-state index in [1.54, 1.807) is 0 Å². The Morgan fingerprint density at radius 2 is 0.986 bits per heavy atom. The summed E-state index contributed by atoms with van der Waals surface area (Å²) in [5.41, 5.74) is 31.6. The number of aryl methyl sites for hydroxylation is 3. The predicted molar refractivity (Wildman–Crippen MR) is 307 cm³/mol. The van der Waals surface area contributed by atoms with Crippen LogP contribution in [-0.2, 0) is 32.5 Å². The van der Waals surface area contributed by atoms with Crippen molar-refractivity contribution in [3.63, 3.8) is 0 Å². The Morgan fingerprint density at radius 3 is 1.59 bits per heavy atom. The molecule has 0 saturated carbocycles. The third-order valence-corrected chi connectivity index (χ3v) is 18.9. The van der Waals surface area contributed by atoms with Crippen molar-refractivity contribution in [2.24, 2.45) is 0 Å². The summed E-state index contributed by atoms with van der Waals surface area (Å²) in [6, 6.07) is 46.7. The lowest BCUT2D eigenvalue weighted by atomic mass is 9.42. The van der Waals surface area contributed by atoms with E-state index >= 15 is 0 Å². The molecule has 2 aliphatic heterocycles. The summed E-state index contributed by atoms with van der Waals surface area (Å²) in [4.78, 5) is 5.56. The topological polar surface area (TPSA) is 6.48 Å². The molecule has 2 nitrogen and oxygen atoms in total. The molecule has 3 heteroatoms. The zero-order chi connectivity index (χ0) is 50.3. The van der Waals surface area contributed by atoms with Gasteiger partial charge in [0.05, 0.1) is 0 Å². The van der Waals surface area contributed by atoms with Gasteiger partial charge in [0.1, 0.15) is 0 Å². The fourth-order valence-electron chi connectivity index (χ4n) is 14.3. The van der Waals surface area contributed by atoms with Gasteiger partial charge in [-0.3, -0.25) is 0 Å². The van der Waals surface area contributed by atoms with Crippen molar-refractivity contribution in [2.75, 3.05) is 9.71 Å². The Kier molecular flexibility index (Phi) is 9.71. The lowest BCUT2D eigenvalue weighted by molar-refractivity contribution is 0.332. The van der Waals surface area contributed by atoms with E-state index < -0.39 is 0 Å². The van der Waals surface area contributed by atoms with Gasteiger partial charge in [0.15, 0.2) is 0 Å². The first-order valence-electron chi connectivity index (χ1n) is 26.9.